The van der Waals surface area contributed by atoms with Gasteiger partial charge in [-0.25, -0.2) is 0 Å². The lowest BCUT2D eigenvalue weighted by Gasteiger charge is -2.18. The minimum Gasteiger partial charge on any atom is -0.382 e. The summed E-state index contributed by atoms with van der Waals surface area (Å²) in [5.41, 5.74) is 0. The van der Waals surface area contributed by atoms with Gasteiger partial charge in [-0.3, -0.25) is 4.79 Å². The maximum absolute atomic E-state index is 11.7. The quantitative estimate of drug-likeness (QED) is 0.552. The number of nitrogens with zero attached hydrogens (tertiary/aromatic N) is 1. The van der Waals surface area contributed by atoms with E-state index in [0.717, 1.165) is 45.4 Å². The Morgan fingerprint density at radius 3 is 2.53 bits per heavy atom. The Morgan fingerprint density at radius 2 is 1.94 bits per heavy atom. The number of carbonyl (C=O) groups excluding carboxylic acids is 1. The summed E-state index contributed by atoms with van der Waals surface area (Å²) in [6.07, 6.45) is 4.91. The number of hydrogen-bond acceptors (Lipinski definition) is 2. The molecule has 0 aliphatic heterocycles. The summed E-state index contributed by atoms with van der Waals surface area (Å²) in [7, 11) is 1.91. The summed E-state index contributed by atoms with van der Waals surface area (Å²) < 4.78 is 5.26. The summed E-state index contributed by atoms with van der Waals surface area (Å²) >= 11 is 0. The van der Waals surface area contributed by atoms with Crippen LogP contribution in [0.15, 0.2) is 0 Å². The predicted molar refractivity (Wildman–Crippen MR) is 72.1 cm³/mol. The van der Waals surface area contributed by atoms with Gasteiger partial charge in [-0.05, 0) is 32.1 Å². The molecule has 0 fully saturated rings. The number of unbranched alkanes of at least 4 members (excludes halogenated alkanes) is 2. The van der Waals surface area contributed by atoms with E-state index < -0.39 is 0 Å². The number of ether oxygens (including phenoxy) is 1. The second-order valence-electron chi connectivity index (χ2n) is 5.01. The van der Waals surface area contributed by atoms with Crippen molar-refractivity contribution in [1.82, 2.24) is 4.90 Å². The van der Waals surface area contributed by atoms with Crippen LogP contribution in [0.25, 0.3) is 0 Å². The molecule has 0 unspecified atom stereocenters. The third kappa shape index (κ3) is 10.3. The molecule has 0 radical (unpaired) electrons. The Kier molecular flexibility index (Phi) is 10.2. The molecule has 0 saturated carbocycles. The van der Waals surface area contributed by atoms with Crippen molar-refractivity contribution in [2.24, 2.45) is 5.92 Å². The van der Waals surface area contributed by atoms with Gasteiger partial charge in [0.05, 0.1) is 0 Å². The second-order valence-corrected chi connectivity index (χ2v) is 5.01. The van der Waals surface area contributed by atoms with Crippen molar-refractivity contribution in [2.75, 3.05) is 26.8 Å². The van der Waals surface area contributed by atoms with Crippen molar-refractivity contribution in [2.45, 2.75) is 52.9 Å². The Hall–Kier alpha value is -0.570. The molecule has 0 aromatic rings. The summed E-state index contributed by atoms with van der Waals surface area (Å²) in [6, 6.07) is 0. The minimum atomic E-state index is 0.280. The van der Waals surface area contributed by atoms with Gasteiger partial charge in [0.2, 0.25) is 5.91 Å². The highest BCUT2D eigenvalue weighted by molar-refractivity contribution is 5.75. The minimum absolute atomic E-state index is 0.280. The molecule has 0 rings (SSSR count). The number of rotatable bonds is 10. The van der Waals surface area contributed by atoms with Crippen LogP contribution >= 0.6 is 0 Å². The average Bonchev–Trinajstić information content (AvgIpc) is 2.30. The molecule has 3 heteroatoms. The van der Waals surface area contributed by atoms with E-state index in [1.165, 1.54) is 0 Å². The fourth-order valence-electron chi connectivity index (χ4n) is 1.57. The van der Waals surface area contributed by atoms with Crippen LogP contribution in [-0.4, -0.2) is 37.6 Å². The van der Waals surface area contributed by atoms with Crippen LogP contribution in [0.4, 0.5) is 0 Å². The van der Waals surface area contributed by atoms with Crippen LogP contribution in [0.3, 0.4) is 0 Å². The molecule has 0 heterocycles. The van der Waals surface area contributed by atoms with E-state index in [2.05, 4.69) is 13.8 Å². The molecule has 0 saturated heterocycles. The first kappa shape index (κ1) is 16.4. The molecule has 102 valence electrons. The van der Waals surface area contributed by atoms with Crippen molar-refractivity contribution in [3.05, 3.63) is 0 Å². The zero-order chi connectivity index (χ0) is 13.1. The highest BCUT2D eigenvalue weighted by atomic mass is 16.5. The van der Waals surface area contributed by atoms with E-state index in [1.54, 1.807) is 0 Å². The third-order valence-corrected chi connectivity index (χ3v) is 2.85. The molecular formula is C14H29NO2. The van der Waals surface area contributed by atoms with Gasteiger partial charge >= 0.3 is 0 Å². The molecule has 0 spiro atoms. The Balaban J connectivity index is 3.44. The van der Waals surface area contributed by atoms with E-state index in [1.807, 2.05) is 18.9 Å². The Labute approximate surface area is 107 Å². The first-order chi connectivity index (χ1) is 8.07. The van der Waals surface area contributed by atoms with Crippen molar-refractivity contribution in [1.29, 1.82) is 0 Å². The largest absolute Gasteiger partial charge is 0.382 e. The fourth-order valence-corrected chi connectivity index (χ4v) is 1.57. The maximum Gasteiger partial charge on any atom is 0.222 e. The topological polar surface area (TPSA) is 29.5 Å². The van der Waals surface area contributed by atoms with E-state index in [4.69, 9.17) is 4.74 Å². The van der Waals surface area contributed by atoms with Crippen LogP contribution in [0, 0.1) is 5.92 Å². The van der Waals surface area contributed by atoms with Crippen molar-refractivity contribution in [3.63, 3.8) is 0 Å². The SMILES string of the molecule is CCOCCCCCC(=O)N(C)CCC(C)C. The van der Waals surface area contributed by atoms with Crippen LogP contribution in [-0.2, 0) is 9.53 Å². The third-order valence-electron chi connectivity index (χ3n) is 2.85. The van der Waals surface area contributed by atoms with Crippen molar-refractivity contribution in [3.8, 4) is 0 Å². The maximum atomic E-state index is 11.7. The first-order valence-electron chi connectivity index (χ1n) is 6.89. The zero-order valence-electron chi connectivity index (χ0n) is 12.0. The van der Waals surface area contributed by atoms with E-state index in [9.17, 15) is 4.79 Å². The molecule has 0 aromatic heterocycles. The molecule has 0 aromatic carbocycles. The van der Waals surface area contributed by atoms with E-state index in [-0.39, 0.29) is 5.91 Å². The Morgan fingerprint density at radius 1 is 1.24 bits per heavy atom. The molecule has 0 bridgehead atoms. The smallest absolute Gasteiger partial charge is 0.222 e. The molecule has 0 aliphatic rings. The van der Waals surface area contributed by atoms with Gasteiger partial charge < -0.3 is 9.64 Å². The summed E-state index contributed by atoms with van der Waals surface area (Å²) in [6.45, 7) is 8.88. The van der Waals surface area contributed by atoms with Gasteiger partial charge in [-0.15, -0.1) is 0 Å². The second kappa shape index (κ2) is 10.6. The molecule has 0 N–H and O–H groups in total. The summed E-state index contributed by atoms with van der Waals surface area (Å²) in [5.74, 6) is 0.943. The van der Waals surface area contributed by atoms with Crippen LogP contribution in [0.2, 0.25) is 0 Å². The van der Waals surface area contributed by atoms with Crippen LogP contribution in [0.5, 0.6) is 0 Å². The normalized spacial score (nSPS) is 10.9. The molecular weight excluding hydrogens is 214 g/mol. The first-order valence-corrected chi connectivity index (χ1v) is 6.89. The van der Waals surface area contributed by atoms with Gasteiger partial charge in [-0.1, -0.05) is 20.3 Å². The zero-order valence-corrected chi connectivity index (χ0v) is 12.0. The standard InChI is InChI=1S/C14H29NO2/c1-5-17-12-8-6-7-9-14(16)15(4)11-10-13(2)3/h13H,5-12H2,1-4H3. The van der Waals surface area contributed by atoms with Gasteiger partial charge in [0.1, 0.15) is 0 Å². The van der Waals surface area contributed by atoms with Crippen LogP contribution < -0.4 is 0 Å². The monoisotopic (exact) mass is 243 g/mol. The van der Waals surface area contributed by atoms with E-state index in [0.29, 0.717) is 12.3 Å². The lowest BCUT2D eigenvalue weighted by Crippen LogP contribution is -2.28. The lowest BCUT2D eigenvalue weighted by molar-refractivity contribution is -0.130. The molecule has 3 nitrogen and oxygen atoms in total. The summed E-state index contributed by atoms with van der Waals surface area (Å²) in [4.78, 5) is 13.6. The number of hydrogen-bond donors (Lipinski definition) is 0. The highest BCUT2D eigenvalue weighted by Gasteiger charge is 2.08. The van der Waals surface area contributed by atoms with E-state index >= 15 is 0 Å². The molecule has 0 aliphatic carbocycles. The van der Waals surface area contributed by atoms with Crippen molar-refractivity contribution < 1.29 is 9.53 Å². The number of amides is 1. The van der Waals surface area contributed by atoms with Crippen molar-refractivity contribution >= 4 is 5.91 Å². The average molecular weight is 243 g/mol. The van der Waals surface area contributed by atoms with Gasteiger partial charge in [-0.2, -0.15) is 0 Å². The Bertz CT molecular complexity index is 193. The summed E-state index contributed by atoms with van der Waals surface area (Å²) in [5, 5.41) is 0. The molecule has 0 atom stereocenters. The predicted octanol–water partition coefficient (Wildman–Crippen LogP) is 3.09. The highest BCUT2D eigenvalue weighted by Crippen LogP contribution is 2.05. The fraction of sp³-hybridized carbons (Fsp3) is 0.929. The number of carbonyl (C=O) groups is 1. The van der Waals surface area contributed by atoms with Crippen LogP contribution in [0.1, 0.15) is 52.9 Å². The van der Waals surface area contributed by atoms with Gasteiger partial charge in [0.25, 0.3) is 0 Å². The lowest BCUT2D eigenvalue weighted by atomic mass is 10.1. The van der Waals surface area contributed by atoms with Gasteiger partial charge in [0.15, 0.2) is 0 Å². The van der Waals surface area contributed by atoms with Gasteiger partial charge in [0, 0.05) is 33.2 Å². The molecule has 17 heavy (non-hydrogen) atoms. The molecule has 1 amide bonds.